The summed E-state index contributed by atoms with van der Waals surface area (Å²) < 4.78 is 4.82. The second kappa shape index (κ2) is 6.93. The lowest BCUT2D eigenvalue weighted by molar-refractivity contribution is -0.147. The molecule has 1 aromatic rings. The molecule has 24 heavy (non-hydrogen) atoms. The summed E-state index contributed by atoms with van der Waals surface area (Å²) in [5, 5.41) is 3.08. The van der Waals surface area contributed by atoms with Crippen LogP contribution in [0.3, 0.4) is 0 Å². The Hall–Kier alpha value is -1.88. The predicted octanol–water partition coefficient (Wildman–Crippen LogP) is 1.86. The monoisotopic (exact) mass is 330 g/mol. The fourth-order valence-electron chi connectivity index (χ4n) is 3.29. The zero-order valence-electron chi connectivity index (χ0n) is 14.5. The Morgan fingerprint density at radius 2 is 1.96 bits per heavy atom. The highest BCUT2D eigenvalue weighted by Gasteiger charge is 2.44. The average molecular weight is 330 g/mol. The molecule has 0 aromatic heterocycles. The maximum atomic E-state index is 12.4. The molecule has 1 N–H and O–H groups in total. The van der Waals surface area contributed by atoms with Crippen molar-refractivity contribution < 1.29 is 14.3 Å². The zero-order chi connectivity index (χ0) is 17.2. The van der Waals surface area contributed by atoms with Gasteiger partial charge in [0.25, 0.3) is 0 Å². The topological polar surface area (TPSA) is 58.6 Å². The summed E-state index contributed by atoms with van der Waals surface area (Å²) in [4.78, 5) is 26.1. The van der Waals surface area contributed by atoms with Crippen molar-refractivity contribution in [3.05, 3.63) is 35.9 Å². The van der Waals surface area contributed by atoms with E-state index < -0.39 is 0 Å². The third kappa shape index (κ3) is 3.78. The van der Waals surface area contributed by atoms with Crippen LogP contribution in [0.1, 0.15) is 38.2 Å². The van der Waals surface area contributed by atoms with Crippen molar-refractivity contribution >= 4 is 11.9 Å². The maximum absolute atomic E-state index is 12.4. The van der Waals surface area contributed by atoms with Gasteiger partial charge >= 0.3 is 5.97 Å². The van der Waals surface area contributed by atoms with Crippen molar-refractivity contribution in [1.29, 1.82) is 0 Å². The van der Waals surface area contributed by atoms with Gasteiger partial charge in [-0.25, -0.2) is 0 Å². The van der Waals surface area contributed by atoms with Crippen LogP contribution in [0, 0.1) is 0 Å². The molecule has 3 rings (SSSR count). The van der Waals surface area contributed by atoms with E-state index in [0.29, 0.717) is 12.6 Å². The van der Waals surface area contributed by atoms with Crippen LogP contribution < -0.4 is 5.32 Å². The van der Waals surface area contributed by atoms with Gasteiger partial charge in [-0.1, -0.05) is 30.3 Å². The molecule has 5 nitrogen and oxygen atoms in total. The number of rotatable bonds is 8. The normalized spacial score (nSPS) is 19.6. The minimum absolute atomic E-state index is 0.0140. The Morgan fingerprint density at radius 1 is 1.29 bits per heavy atom. The zero-order valence-corrected chi connectivity index (χ0v) is 14.5. The molecule has 2 aliphatic rings. The van der Waals surface area contributed by atoms with Crippen LogP contribution in [-0.4, -0.2) is 49.1 Å². The van der Waals surface area contributed by atoms with Crippen LogP contribution in [0.4, 0.5) is 0 Å². The van der Waals surface area contributed by atoms with Crippen molar-refractivity contribution in [2.45, 2.75) is 50.1 Å². The molecule has 0 aliphatic heterocycles. The first-order valence-electron chi connectivity index (χ1n) is 8.71. The summed E-state index contributed by atoms with van der Waals surface area (Å²) in [6.45, 7) is 2.73. The van der Waals surface area contributed by atoms with E-state index in [4.69, 9.17) is 4.74 Å². The van der Waals surface area contributed by atoms with Gasteiger partial charge in [-0.15, -0.1) is 0 Å². The van der Waals surface area contributed by atoms with Crippen LogP contribution in [0.2, 0.25) is 0 Å². The molecule has 130 valence electrons. The van der Waals surface area contributed by atoms with E-state index in [9.17, 15) is 9.59 Å². The standard InChI is InChI=1S/C19H26N2O3/c1-14(18(23)24-2)21(16-8-9-16)12-17(22)20-13-19(10-11-19)15-6-4-3-5-7-15/h3-7,14,16H,8-13H2,1-2H3,(H,20,22)/t14-/m1/s1. The summed E-state index contributed by atoms with van der Waals surface area (Å²) >= 11 is 0. The highest BCUT2D eigenvalue weighted by molar-refractivity contribution is 5.80. The first-order chi connectivity index (χ1) is 11.6. The van der Waals surface area contributed by atoms with Crippen LogP contribution >= 0.6 is 0 Å². The molecule has 1 atom stereocenters. The number of benzene rings is 1. The minimum Gasteiger partial charge on any atom is -0.468 e. The predicted molar refractivity (Wildman–Crippen MR) is 91.6 cm³/mol. The average Bonchev–Trinajstić information content (AvgIpc) is 3.51. The second-order valence-electron chi connectivity index (χ2n) is 7.03. The van der Waals surface area contributed by atoms with E-state index in [1.807, 2.05) is 30.0 Å². The lowest BCUT2D eigenvalue weighted by Gasteiger charge is -2.27. The fraction of sp³-hybridized carbons (Fsp3) is 0.579. The minimum atomic E-state index is -0.378. The number of nitrogens with zero attached hydrogens (tertiary/aromatic N) is 1. The summed E-state index contributed by atoms with van der Waals surface area (Å²) in [5.41, 5.74) is 1.40. The number of carbonyl (C=O) groups excluding carboxylic acids is 2. The van der Waals surface area contributed by atoms with Crippen molar-refractivity contribution in [3.63, 3.8) is 0 Å². The molecule has 1 aromatic carbocycles. The number of hydrogen-bond donors (Lipinski definition) is 1. The molecule has 2 aliphatic carbocycles. The Labute approximate surface area is 143 Å². The van der Waals surface area contributed by atoms with E-state index >= 15 is 0 Å². The molecule has 0 radical (unpaired) electrons. The third-order valence-electron chi connectivity index (χ3n) is 5.25. The summed E-state index contributed by atoms with van der Waals surface area (Å²) in [7, 11) is 1.39. The van der Waals surface area contributed by atoms with Gasteiger partial charge in [-0.2, -0.15) is 0 Å². The molecule has 0 saturated heterocycles. The van der Waals surface area contributed by atoms with Gasteiger partial charge in [0, 0.05) is 18.0 Å². The number of hydrogen-bond acceptors (Lipinski definition) is 4. The van der Waals surface area contributed by atoms with E-state index in [1.54, 1.807) is 0 Å². The van der Waals surface area contributed by atoms with Crippen molar-refractivity contribution in [2.75, 3.05) is 20.2 Å². The fourth-order valence-corrected chi connectivity index (χ4v) is 3.29. The summed E-state index contributed by atoms with van der Waals surface area (Å²) in [6.07, 6.45) is 4.32. The van der Waals surface area contributed by atoms with E-state index in [2.05, 4.69) is 17.4 Å². The third-order valence-corrected chi connectivity index (χ3v) is 5.25. The number of methoxy groups -OCH3 is 1. The number of carbonyl (C=O) groups is 2. The van der Waals surface area contributed by atoms with E-state index in [0.717, 1.165) is 25.7 Å². The van der Waals surface area contributed by atoms with E-state index in [-0.39, 0.29) is 29.9 Å². The van der Waals surface area contributed by atoms with Crippen LogP contribution in [0.15, 0.2) is 30.3 Å². The van der Waals surface area contributed by atoms with Crippen molar-refractivity contribution in [2.24, 2.45) is 0 Å². The van der Waals surface area contributed by atoms with E-state index in [1.165, 1.54) is 12.7 Å². The summed E-state index contributed by atoms with van der Waals surface area (Å²) in [5.74, 6) is -0.294. The number of nitrogens with one attached hydrogen (secondary N) is 1. The Balaban J connectivity index is 1.54. The first kappa shape index (κ1) is 17.0. The van der Waals surface area contributed by atoms with Gasteiger partial charge in [0.15, 0.2) is 0 Å². The maximum Gasteiger partial charge on any atom is 0.322 e. The molecular weight excluding hydrogens is 304 g/mol. The van der Waals surface area contributed by atoms with Gasteiger partial charge < -0.3 is 10.1 Å². The molecule has 0 bridgehead atoms. The quantitative estimate of drug-likeness (QED) is 0.739. The molecule has 5 heteroatoms. The molecule has 2 fully saturated rings. The van der Waals surface area contributed by atoms with Crippen LogP contribution in [0.25, 0.3) is 0 Å². The SMILES string of the molecule is COC(=O)[C@@H](C)N(CC(=O)NCC1(c2ccccc2)CC1)C1CC1. The lowest BCUT2D eigenvalue weighted by Crippen LogP contribution is -2.47. The largest absolute Gasteiger partial charge is 0.468 e. The Kier molecular flexibility index (Phi) is 4.90. The molecule has 0 heterocycles. The molecule has 0 unspecified atom stereocenters. The first-order valence-corrected chi connectivity index (χ1v) is 8.71. The Bertz CT molecular complexity index is 594. The van der Waals surface area contributed by atoms with Gasteiger partial charge in [0.05, 0.1) is 13.7 Å². The van der Waals surface area contributed by atoms with Crippen molar-refractivity contribution in [1.82, 2.24) is 10.2 Å². The van der Waals surface area contributed by atoms with Crippen molar-refractivity contribution in [3.8, 4) is 0 Å². The molecule has 0 spiro atoms. The van der Waals surface area contributed by atoms with Gasteiger partial charge in [0.1, 0.15) is 6.04 Å². The highest BCUT2D eigenvalue weighted by atomic mass is 16.5. The highest BCUT2D eigenvalue weighted by Crippen LogP contribution is 2.47. The molecular formula is C19H26N2O3. The number of amides is 1. The summed E-state index contributed by atoms with van der Waals surface area (Å²) in [6, 6.07) is 10.3. The second-order valence-corrected chi connectivity index (χ2v) is 7.03. The molecule has 1 amide bonds. The number of esters is 1. The van der Waals surface area contributed by atoms with Gasteiger partial charge in [-0.3, -0.25) is 14.5 Å². The van der Waals surface area contributed by atoms with Gasteiger partial charge in [-0.05, 0) is 38.2 Å². The smallest absolute Gasteiger partial charge is 0.322 e. The van der Waals surface area contributed by atoms with Gasteiger partial charge in [0.2, 0.25) is 5.91 Å². The van der Waals surface area contributed by atoms with Crippen LogP contribution in [0.5, 0.6) is 0 Å². The lowest BCUT2D eigenvalue weighted by atomic mass is 9.96. The van der Waals surface area contributed by atoms with Crippen LogP contribution in [-0.2, 0) is 19.7 Å². The number of ether oxygens (including phenoxy) is 1. The Morgan fingerprint density at radius 3 is 2.50 bits per heavy atom. The molecule has 2 saturated carbocycles.